The van der Waals surface area contributed by atoms with E-state index in [2.05, 4.69) is 36.6 Å². The molecule has 1 aliphatic carbocycles. The Morgan fingerprint density at radius 2 is 2.03 bits per heavy atom. The summed E-state index contributed by atoms with van der Waals surface area (Å²) in [6, 6.07) is 3.84. The van der Waals surface area contributed by atoms with Gasteiger partial charge in [-0.05, 0) is 57.7 Å². The molecule has 2 N–H and O–H groups in total. The third kappa shape index (κ3) is 4.21. The van der Waals surface area contributed by atoms with Crippen LogP contribution < -0.4 is 16.2 Å². The first-order valence-electron chi connectivity index (χ1n) is 11.9. The van der Waals surface area contributed by atoms with Gasteiger partial charge in [-0.2, -0.15) is 4.98 Å². The van der Waals surface area contributed by atoms with Crippen molar-refractivity contribution in [2.75, 3.05) is 25.0 Å². The van der Waals surface area contributed by atoms with E-state index in [9.17, 15) is 9.59 Å². The predicted octanol–water partition coefficient (Wildman–Crippen LogP) is 2.96. The van der Waals surface area contributed by atoms with E-state index in [1.807, 2.05) is 26.1 Å². The summed E-state index contributed by atoms with van der Waals surface area (Å²) in [5, 5.41) is 7.49. The molecular weight excluding hydrogens is 430 g/mol. The summed E-state index contributed by atoms with van der Waals surface area (Å²) in [6.07, 6.45) is 6.10. The molecule has 9 nitrogen and oxygen atoms in total. The minimum absolute atomic E-state index is 0.159. The second kappa shape index (κ2) is 8.56. The summed E-state index contributed by atoms with van der Waals surface area (Å²) in [7, 11) is 0. The predicted molar refractivity (Wildman–Crippen MR) is 132 cm³/mol. The second-order valence-corrected chi connectivity index (χ2v) is 9.85. The highest BCUT2D eigenvalue weighted by Crippen LogP contribution is 2.37. The molecule has 1 aliphatic heterocycles. The zero-order valence-corrected chi connectivity index (χ0v) is 20.2. The number of nitrogens with zero attached hydrogens (tertiary/aromatic N) is 5. The van der Waals surface area contributed by atoms with Crippen LogP contribution in [0.4, 0.5) is 11.8 Å². The zero-order chi connectivity index (χ0) is 24.0. The molecule has 0 aromatic carbocycles. The highest BCUT2D eigenvalue weighted by Gasteiger charge is 2.45. The van der Waals surface area contributed by atoms with Gasteiger partial charge in [-0.1, -0.05) is 6.07 Å². The molecule has 1 saturated heterocycles. The van der Waals surface area contributed by atoms with Crippen LogP contribution >= 0.6 is 0 Å². The Morgan fingerprint density at radius 1 is 1.24 bits per heavy atom. The van der Waals surface area contributed by atoms with E-state index in [-0.39, 0.29) is 22.9 Å². The quantitative estimate of drug-likeness (QED) is 0.540. The van der Waals surface area contributed by atoms with E-state index < -0.39 is 0 Å². The lowest BCUT2D eigenvalue weighted by molar-refractivity contribution is 0.101. The first-order valence-corrected chi connectivity index (χ1v) is 11.9. The van der Waals surface area contributed by atoms with Gasteiger partial charge in [0.05, 0.1) is 5.56 Å². The summed E-state index contributed by atoms with van der Waals surface area (Å²) in [4.78, 5) is 41.3. The molecule has 1 spiro atoms. The van der Waals surface area contributed by atoms with Crippen molar-refractivity contribution in [3.63, 3.8) is 0 Å². The molecule has 0 atom stereocenters. The number of aryl methyl sites for hydroxylation is 1. The van der Waals surface area contributed by atoms with E-state index >= 15 is 0 Å². The molecule has 9 heteroatoms. The number of hydrogen-bond donors (Lipinski definition) is 2. The first kappa shape index (κ1) is 22.6. The number of anilines is 2. The summed E-state index contributed by atoms with van der Waals surface area (Å²) >= 11 is 0. The molecule has 0 radical (unpaired) electrons. The van der Waals surface area contributed by atoms with Gasteiger partial charge >= 0.3 is 0 Å². The molecule has 34 heavy (non-hydrogen) atoms. The van der Waals surface area contributed by atoms with Gasteiger partial charge in [0.25, 0.3) is 5.56 Å². The Hall–Kier alpha value is -3.17. The molecular formula is C25H31N7O2. The minimum atomic E-state index is -0.319. The number of fused-ring (bicyclic) bond motifs is 1. The maximum Gasteiger partial charge on any atom is 0.263 e. The molecule has 0 bridgehead atoms. The number of Topliss-reactive ketones (excluding diaryl/α,β-unsaturated/α-hetero) is 1. The van der Waals surface area contributed by atoms with Gasteiger partial charge in [0.15, 0.2) is 5.78 Å². The van der Waals surface area contributed by atoms with Gasteiger partial charge in [-0.25, -0.2) is 9.97 Å². The Bertz CT molecular complexity index is 1310. The second-order valence-electron chi connectivity index (χ2n) is 9.85. The molecule has 3 aromatic rings. The number of aromatic nitrogens is 4. The van der Waals surface area contributed by atoms with Crippen molar-refractivity contribution in [2.24, 2.45) is 0 Å². The van der Waals surface area contributed by atoms with E-state index in [1.165, 1.54) is 25.3 Å². The van der Waals surface area contributed by atoms with Crippen LogP contribution in [-0.4, -0.2) is 55.4 Å². The van der Waals surface area contributed by atoms with Crippen molar-refractivity contribution in [3.8, 4) is 0 Å². The number of nitrogens with one attached hydrogen (secondary N) is 2. The Labute approximate surface area is 198 Å². The third-order valence-corrected chi connectivity index (χ3v) is 6.86. The van der Waals surface area contributed by atoms with Crippen molar-refractivity contribution in [3.05, 3.63) is 51.6 Å². The van der Waals surface area contributed by atoms with E-state index in [0.717, 1.165) is 26.2 Å². The Kier molecular flexibility index (Phi) is 5.69. The number of rotatable bonds is 6. The van der Waals surface area contributed by atoms with Crippen LogP contribution in [-0.2, 0) is 6.54 Å². The molecule has 2 fully saturated rings. The zero-order valence-electron chi connectivity index (χ0n) is 20.2. The fourth-order valence-corrected chi connectivity index (χ4v) is 4.91. The fourth-order valence-electron chi connectivity index (χ4n) is 4.91. The van der Waals surface area contributed by atoms with E-state index in [0.29, 0.717) is 33.9 Å². The highest BCUT2D eigenvalue weighted by atomic mass is 16.1. The van der Waals surface area contributed by atoms with Crippen LogP contribution in [0.25, 0.3) is 11.0 Å². The molecule has 178 valence electrons. The van der Waals surface area contributed by atoms with Crippen LogP contribution in [0.5, 0.6) is 0 Å². The number of carbonyl (C=O) groups is 1. The minimum Gasteiger partial charge on any atom is -0.309 e. The molecule has 2 aliphatic rings. The summed E-state index contributed by atoms with van der Waals surface area (Å²) in [5.41, 5.74) is 2.52. The average molecular weight is 462 g/mol. The van der Waals surface area contributed by atoms with Gasteiger partial charge in [-0.3, -0.25) is 19.1 Å². The van der Waals surface area contributed by atoms with Gasteiger partial charge < -0.3 is 10.6 Å². The van der Waals surface area contributed by atoms with Crippen LogP contribution in [0.2, 0.25) is 0 Å². The van der Waals surface area contributed by atoms with E-state index in [1.54, 1.807) is 17.7 Å². The van der Waals surface area contributed by atoms with Crippen molar-refractivity contribution >= 4 is 28.6 Å². The topological polar surface area (TPSA) is 105 Å². The number of piperazine rings is 1. The van der Waals surface area contributed by atoms with Crippen LogP contribution in [0.3, 0.4) is 0 Å². The number of hydrogen-bond acceptors (Lipinski definition) is 8. The summed E-state index contributed by atoms with van der Waals surface area (Å²) in [6.45, 7) is 11.1. The number of pyridine rings is 2. The van der Waals surface area contributed by atoms with Crippen molar-refractivity contribution in [2.45, 2.75) is 58.7 Å². The molecule has 3 aromatic heterocycles. The van der Waals surface area contributed by atoms with Gasteiger partial charge in [-0.15, -0.1) is 0 Å². The maximum absolute atomic E-state index is 13.0. The Balaban J connectivity index is 1.38. The molecule has 5 rings (SSSR count). The third-order valence-electron chi connectivity index (χ3n) is 6.86. The summed E-state index contributed by atoms with van der Waals surface area (Å²) < 4.78 is 1.56. The average Bonchev–Trinajstić information content (AvgIpc) is 3.52. The van der Waals surface area contributed by atoms with Crippen molar-refractivity contribution in [1.29, 1.82) is 0 Å². The smallest absolute Gasteiger partial charge is 0.263 e. The highest BCUT2D eigenvalue weighted by molar-refractivity contribution is 5.99. The van der Waals surface area contributed by atoms with Crippen LogP contribution in [0, 0.1) is 6.92 Å². The summed E-state index contributed by atoms with van der Waals surface area (Å²) in [5.74, 6) is 0.741. The number of carbonyl (C=O) groups excluding carboxylic acids is 1. The standard InChI is InChI=1S/C25H31N7O2/c1-15(2)32-22-19(16(3)21(17(4)33)23(32)34)12-27-24(30-22)29-20-6-5-18(11-26-20)13-31-10-9-28-25(14-31)7-8-25/h5-6,11-12,15,28H,7-10,13-14H2,1-4H3,(H,26,27,29,30). The number of ketones is 1. The Morgan fingerprint density at radius 3 is 2.68 bits per heavy atom. The molecule has 0 amide bonds. The lowest BCUT2D eigenvalue weighted by Gasteiger charge is -2.33. The van der Waals surface area contributed by atoms with Crippen molar-refractivity contribution in [1.82, 2.24) is 29.7 Å². The van der Waals surface area contributed by atoms with Gasteiger partial charge in [0.1, 0.15) is 11.5 Å². The fraction of sp³-hybridized carbons (Fsp3) is 0.480. The monoisotopic (exact) mass is 461 g/mol. The van der Waals surface area contributed by atoms with Crippen molar-refractivity contribution < 1.29 is 4.79 Å². The molecule has 0 unspecified atom stereocenters. The first-order chi connectivity index (χ1) is 16.3. The maximum atomic E-state index is 13.0. The van der Waals surface area contributed by atoms with Gasteiger partial charge in [0.2, 0.25) is 5.95 Å². The van der Waals surface area contributed by atoms with E-state index in [4.69, 9.17) is 0 Å². The SMILES string of the molecule is CC(=O)c1c(C)c2cnc(Nc3ccc(CN4CCNC5(CC5)C4)cn3)nc2n(C(C)C)c1=O. The molecule has 1 saturated carbocycles. The van der Waals surface area contributed by atoms with Crippen LogP contribution in [0.15, 0.2) is 29.3 Å². The van der Waals surface area contributed by atoms with Crippen LogP contribution in [0.1, 0.15) is 61.1 Å². The lowest BCUT2D eigenvalue weighted by atomic mass is 10.0. The largest absolute Gasteiger partial charge is 0.309 e. The normalized spacial score (nSPS) is 17.4. The lowest BCUT2D eigenvalue weighted by Crippen LogP contribution is -2.51. The van der Waals surface area contributed by atoms with Gasteiger partial charge in [0, 0.05) is 55.5 Å². The molecule has 4 heterocycles.